The molecule has 0 aliphatic heterocycles. The van der Waals surface area contributed by atoms with E-state index in [4.69, 9.17) is 0 Å². The van der Waals surface area contributed by atoms with E-state index in [9.17, 15) is 0 Å². The van der Waals surface area contributed by atoms with E-state index in [0.29, 0.717) is 0 Å². The molecule has 0 atom stereocenters. The molecule has 0 fully saturated rings. The maximum absolute atomic E-state index is 2.49. The van der Waals surface area contributed by atoms with Gasteiger partial charge in [0.25, 0.3) is 0 Å². The van der Waals surface area contributed by atoms with Crippen molar-refractivity contribution >= 4 is 38.9 Å². The standard InChI is InChI=1S/C55H36N2/c1-4-18-37(19-5-1)46-35-47-45-27-13-17-31-52(45)57(39-22-8-3-9-23-39)54(47)36-53(46)56(38-20-6-2-7-21-38)40-32-33-44-43-26-12-16-30-50(43)55(51(44)34-40)48-28-14-10-24-41(48)42-25-11-15-29-49(42)55/h1-36H. The van der Waals surface area contributed by atoms with E-state index >= 15 is 0 Å². The lowest BCUT2D eigenvalue weighted by Gasteiger charge is -2.33. The Morgan fingerprint density at radius 3 is 1.51 bits per heavy atom. The fourth-order valence-electron chi connectivity index (χ4n) is 10.1. The molecule has 0 saturated heterocycles. The van der Waals surface area contributed by atoms with Gasteiger partial charge in [0.15, 0.2) is 0 Å². The highest BCUT2D eigenvalue weighted by Crippen LogP contribution is 2.63. The zero-order chi connectivity index (χ0) is 37.5. The molecule has 0 radical (unpaired) electrons. The average Bonchev–Trinajstić information content (AvgIpc) is 3.88. The number of benzene rings is 9. The van der Waals surface area contributed by atoms with Gasteiger partial charge in [-0.25, -0.2) is 0 Å². The second kappa shape index (κ2) is 12.3. The van der Waals surface area contributed by atoms with E-state index in [1.807, 2.05) is 0 Å². The Hall–Kier alpha value is -7.42. The molecule has 2 heteroatoms. The fraction of sp³-hybridized carbons (Fsp3) is 0.0182. The van der Waals surface area contributed by atoms with E-state index in [1.54, 1.807) is 0 Å². The van der Waals surface area contributed by atoms with Crippen molar-refractivity contribution in [1.82, 2.24) is 4.57 Å². The van der Waals surface area contributed by atoms with Crippen LogP contribution >= 0.6 is 0 Å². The molecule has 2 nitrogen and oxygen atoms in total. The Kier molecular flexibility index (Phi) is 6.88. The van der Waals surface area contributed by atoms with Crippen LogP contribution in [0.5, 0.6) is 0 Å². The first-order valence-electron chi connectivity index (χ1n) is 19.8. The van der Waals surface area contributed by atoms with Gasteiger partial charge in [-0.1, -0.05) is 164 Å². The first-order chi connectivity index (χ1) is 28.3. The molecule has 10 aromatic rings. The summed E-state index contributed by atoms with van der Waals surface area (Å²) in [5.74, 6) is 0. The minimum absolute atomic E-state index is 0.441. The predicted molar refractivity (Wildman–Crippen MR) is 237 cm³/mol. The monoisotopic (exact) mass is 724 g/mol. The zero-order valence-corrected chi connectivity index (χ0v) is 31.2. The van der Waals surface area contributed by atoms with E-state index in [1.165, 1.54) is 77.4 Å². The first-order valence-corrected chi connectivity index (χ1v) is 19.8. The summed E-state index contributed by atoms with van der Waals surface area (Å²) >= 11 is 0. The van der Waals surface area contributed by atoms with Crippen molar-refractivity contribution in [3.8, 4) is 39.1 Å². The maximum atomic E-state index is 2.49. The molecule has 1 aromatic heterocycles. The number of aromatic nitrogens is 1. The Morgan fingerprint density at radius 1 is 0.333 bits per heavy atom. The summed E-state index contributed by atoms with van der Waals surface area (Å²) in [5, 5.41) is 2.47. The van der Waals surface area contributed by atoms with Crippen molar-refractivity contribution in [2.24, 2.45) is 0 Å². The van der Waals surface area contributed by atoms with Gasteiger partial charge in [-0.2, -0.15) is 0 Å². The van der Waals surface area contributed by atoms with Gasteiger partial charge in [-0.05, 0) is 105 Å². The second-order valence-electron chi connectivity index (χ2n) is 15.2. The van der Waals surface area contributed by atoms with Crippen LogP contribution in [0.25, 0.3) is 60.9 Å². The van der Waals surface area contributed by atoms with Crippen molar-refractivity contribution in [3.63, 3.8) is 0 Å². The molecular weight excluding hydrogens is 689 g/mol. The molecule has 0 saturated carbocycles. The lowest BCUT2D eigenvalue weighted by Crippen LogP contribution is -2.26. The van der Waals surface area contributed by atoms with Gasteiger partial charge in [0, 0.05) is 33.4 Å². The lowest BCUT2D eigenvalue weighted by atomic mass is 9.70. The van der Waals surface area contributed by atoms with Crippen molar-refractivity contribution in [2.75, 3.05) is 4.90 Å². The molecule has 266 valence electrons. The summed E-state index contributed by atoms with van der Waals surface area (Å²) in [5.41, 5.74) is 19.3. The number of rotatable bonds is 5. The van der Waals surface area contributed by atoms with Gasteiger partial charge in [0.1, 0.15) is 0 Å². The van der Waals surface area contributed by atoms with Crippen molar-refractivity contribution in [3.05, 3.63) is 241 Å². The van der Waals surface area contributed by atoms with Crippen LogP contribution in [0.2, 0.25) is 0 Å². The van der Waals surface area contributed by atoms with E-state index < -0.39 is 5.41 Å². The molecule has 0 N–H and O–H groups in total. The van der Waals surface area contributed by atoms with Crippen LogP contribution in [-0.4, -0.2) is 4.57 Å². The second-order valence-corrected chi connectivity index (χ2v) is 15.2. The summed E-state index contributed by atoms with van der Waals surface area (Å²) < 4.78 is 2.42. The summed E-state index contributed by atoms with van der Waals surface area (Å²) in [7, 11) is 0. The smallest absolute Gasteiger partial charge is 0.0726 e. The number of nitrogens with zero attached hydrogens (tertiary/aromatic N) is 2. The number of fused-ring (bicyclic) bond motifs is 13. The molecule has 0 bridgehead atoms. The summed E-state index contributed by atoms with van der Waals surface area (Å²) in [6.07, 6.45) is 0. The van der Waals surface area contributed by atoms with Crippen LogP contribution < -0.4 is 4.90 Å². The Labute approximate surface area is 332 Å². The molecule has 2 aliphatic rings. The zero-order valence-electron chi connectivity index (χ0n) is 31.2. The van der Waals surface area contributed by atoms with Gasteiger partial charge in [-0.15, -0.1) is 0 Å². The summed E-state index contributed by atoms with van der Waals surface area (Å²) in [6, 6.07) is 80.5. The third-order valence-corrected chi connectivity index (χ3v) is 12.4. The van der Waals surface area contributed by atoms with Gasteiger partial charge >= 0.3 is 0 Å². The summed E-state index contributed by atoms with van der Waals surface area (Å²) in [6.45, 7) is 0. The minimum Gasteiger partial charge on any atom is -0.310 e. The van der Waals surface area contributed by atoms with Crippen molar-refractivity contribution in [2.45, 2.75) is 5.41 Å². The minimum atomic E-state index is -0.441. The van der Waals surface area contributed by atoms with Crippen LogP contribution in [0.15, 0.2) is 218 Å². The van der Waals surface area contributed by atoms with Gasteiger partial charge < -0.3 is 9.47 Å². The van der Waals surface area contributed by atoms with E-state index in [2.05, 4.69) is 228 Å². The lowest BCUT2D eigenvalue weighted by molar-refractivity contribution is 0.793. The Morgan fingerprint density at radius 2 is 0.860 bits per heavy atom. The molecule has 1 spiro atoms. The SMILES string of the molecule is c1ccc(-c2cc3c4ccccc4n(-c4ccccc4)c3cc2N(c2ccccc2)c2ccc3c(c2)C2(c4ccccc4-c4ccccc42)c2ccccc2-3)cc1. The number of para-hydroxylation sites is 3. The van der Waals surface area contributed by atoms with Crippen molar-refractivity contribution < 1.29 is 0 Å². The van der Waals surface area contributed by atoms with Crippen LogP contribution in [0.4, 0.5) is 17.1 Å². The molecule has 57 heavy (non-hydrogen) atoms. The van der Waals surface area contributed by atoms with Gasteiger partial charge in [-0.3, -0.25) is 0 Å². The molecular formula is C55H36N2. The Balaban J connectivity index is 1.19. The van der Waals surface area contributed by atoms with Crippen LogP contribution in [0.3, 0.4) is 0 Å². The third kappa shape index (κ3) is 4.47. The maximum Gasteiger partial charge on any atom is 0.0726 e. The highest BCUT2D eigenvalue weighted by atomic mass is 15.1. The molecule has 0 unspecified atom stereocenters. The topological polar surface area (TPSA) is 8.17 Å². The highest BCUT2D eigenvalue weighted by molar-refractivity contribution is 6.13. The van der Waals surface area contributed by atoms with E-state index in [0.717, 1.165) is 22.7 Å². The van der Waals surface area contributed by atoms with Gasteiger partial charge in [0.05, 0.1) is 22.1 Å². The molecule has 9 aromatic carbocycles. The quantitative estimate of drug-likeness (QED) is 0.172. The van der Waals surface area contributed by atoms with E-state index in [-0.39, 0.29) is 0 Å². The Bertz CT molecular complexity index is 3110. The number of hydrogen-bond donors (Lipinski definition) is 0. The molecule has 2 aliphatic carbocycles. The molecule has 12 rings (SSSR count). The number of hydrogen-bond acceptors (Lipinski definition) is 1. The summed E-state index contributed by atoms with van der Waals surface area (Å²) in [4.78, 5) is 2.48. The molecule has 0 amide bonds. The van der Waals surface area contributed by atoms with Crippen LogP contribution in [0, 0.1) is 0 Å². The number of anilines is 3. The predicted octanol–water partition coefficient (Wildman–Crippen LogP) is 14.3. The van der Waals surface area contributed by atoms with Crippen LogP contribution in [-0.2, 0) is 5.41 Å². The fourth-order valence-corrected chi connectivity index (χ4v) is 10.1. The van der Waals surface area contributed by atoms with Crippen LogP contribution in [0.1, 0.15) is 22.3 Å². The highest BCUT2D eigenvalue weighted by Gasteiger charge is 2.51. The van der Waals surface area contributed by atoms with Crippen molar-refractivity contribution in [1.29, 1.82) is 0 Å². The molecule has 1 heterocycles. The normalized spacial score (nSPS) is 13.1. The average molecular weight is 725 g/mol. The largest absolute Gasteiger partial charge is 0.310 e. The van der Waals surface area contributed by atoms with Gasteiger partial charge in [0.2, 0.25) is 0 Å². The third-order valence-electron chi connectivity index (χ3n) is 12.4. The first kappa shape index (κ1) is 31.9.